The first kappa shape index (κ1) is 29.4. The van der Waals surface area contributed by atoms with Crippen molar-refractivity contribution in [1.82, 2.24) is 4.90 Å². The summed E-state index contributed by atoms with van der Waals surface area (Å²) in [7, 11) is 1.87. The highest BCUT2D eigenvalue weighted by atomic mass is 16.7. The van der Waals surface area contributed by atoms with Gasteiger partial charge in [0.05, 0.1) is 36.4 Å². The van der Waals surface area contributed by atoms with E-state index in [1.54, 1.807) is 13.8 Å². The van der Waals surface area contributed by atoms with Gasteiger partial charge < -0.3 is 39.5 Å². The highest BCUT2D eigenvalue weighted by Gasteiger charge is 2.39. The number of cyclic esters (lactones) is 1. The van der Waals surface area contributed by atoms with Crippen molar-refractivity contribution < 1.29 is 39.4 Å². The molecule has 0 aromatic heterocycles. The van der Waals surface area contributed by atoms with Gasteiger partial charge in [0, 0.05) is 19.0 Å². The van der Waals surface area contributed by atoms with Crippen LogP contribution < -0.4 is 0 Å². The van der Waals surface area contributed by atoms with E-state index in [9.17, 15) is 25.2 Å². The molecule has 0 aliphatic carbocycles. The van der Waals surface area contributed by atoms with Crippen molar-refractivity contribution >= 4 is 5.97 Å². The SMILES string of the molecule is CC1C[C@H](O[C@@H]2C(C)C(=O)OCC(O)C(O)C(C)N(C)C[C@H](C)CC(O)C[C@H]2C)OC(C)[C@@H]1O. The van der Waals surface area contributed by atoms with Gasteiger partial charge in [0.2, 0.25) is 0 Å². The second kappa shape index (κ2) is 12.9. The summed E-state index contributed by atoms with van der Waals surface area (Å²) < 4.78 is 17.5. The number of aliphatic hydroxyl groups excluding tert-OH is 4. The Kier molecular flexibility index (Phi) is 11.2. The van der Waals surface area contributed by atoms with Crippen LogP contribution in [0.15, 0.2) is 0 Å². The molecule has 0 bridgehead atoms. The Bertz CT molecular complexity index is 624. The van der Waals surface area contributed by atoms with E-state index < -0.39 is 54.8 Å². The summed E-state index contributed by atoms with van der Waals surface area (Å²) in [5, 5.41) is 42.0. The zero-order valence-electron chi connectivity index (χ0n) is 21.8. The number of nitrogens with zero attached hydrogens (tertiary/aromatic N) is 1. The van der Waals surface area contributed by atoms with Crippen molar-refractivity contribution in [3.63, 3.8) is 0 Å². The van der Waals surface area contributed by atoms with Crippen LogP contribution in [0.25, 0.3) is 0 Å². The van der Waals surface area contributed by atoms with Crippen molar-refractivity contribution in [2.24, 2.45) is 23.7 Å². The minimum atomic E-state index is -1.22. The van der Waals surface area contributed by atoms with Crippen LogP contribution in [0.2, 0.25) is 0 Å². The number of ether oxygens (including phenoxy) is 3. The molecule has 0 saturated carbocycles. The number of likely N-dealkylation sites (N-methyl/N-ethyl adjacent to an activating group) is 1. The van der Waals surface area contributed by atoms with E-state index in [0.717, 1.165) is 0 Å². The Morgan fingerprint density at radius 1 is 0.912 bits per heavy atom. The Balaban J connectivity index is 2.22. The lowest BCUT2D eigenvalue weighted by Crippen LogP contribution is -2.48. The van der Waals surface area contributed by atoms with Gasteiger partial charge >= 0.3 is 5.97 Å². The zero-order chi connectivity index (χ0) is 25.7. The number of esters is 1. The molecule has 2 aliphatic heterocycles. The third kappa shape index (κ3) is 7.85. The van der Waals surface area contributed by atoms with Crippen molar-refractivity contribution in [3.05, 3.63) is 0 Å². The van der Waals surface area contributed by atoms with E-state index in [4.69, 9.17) is 14.2 Å². The number of hydrogen-bond acceptors (Lipinski definition) is 9. The normalized spacial score (nSPS) is 46.9. The number of aliphatic hydroxyl groups is 4. The maximum Gasteiger partial charge on any atom is 0.311 e. The van der Waals surface area contributed by atoms with E-state index >= 15 is 0 Å². The third-order valence-electron chi connectivity index (χ3n) is 7.63. The Labute approximate surface area is 204 Å². The molecule has 2 rings (SSSR count). The maximum atomic E-state index is 12.9. The average molecular weight is 490 g/mol. The number of hydrogen-bond donors (Lipinski definition) is 4. The smallest absolute Gasteiger partial charge is 0.311 e. The van der Waals surface area contributed by atoms with Gasteiger partial charge in [-0.2, -0.15) is 0 Å². The summed E-state index contributed by atoms with van der Waals surface area (Å²) in [5.74, 6) is -1.27. The first-order valence-electron chi connectivity index (χ1n) is 12.7. The molecule has 2 saturated heterocycles. The van der Waals surface area contributed by atoms with Gasteiger partial charge in [0.1, 0.15) is 12.7 Å². The third-order valence-corrected chi connectivity index (χ3v) is 7.63. The molecular weight excluding hydrogens is 442 g/mol. The summed E-state index contributed by atoms with van der Waals surface area (Å²) in [6.07, 6.45) is -3.56. The standard InChI is InChI=1S/C25H47NO8/c1-13-8-19(27)9-15(3)24(34-21-10-14(2)22(29)18(6)33-21)16(4)25(31)32-12-20(28)23(30)17(5)26(7)11-13/h13-24,27-30H,8-12H2,1-7H3/t13-,14?,15-,16?,17?,18?,19?,20?,21+,22-,23?,24+/m1/s1. The lowest BCUT2D eigenvalue weighted by Gasteiger charge is -2.40. The first-order chi connectivity index (χ1) is 15.8. The average Bonchev–Trinajstić information content (AvgIpc) is 2.76. The number of rotatable bonds is 2. The fourth-order valence-electron chi connectivity index (χ4n) is 5.26. The lowest BCUT2D eigenvalue weighted by atomic mass is 9.86. The molecule has 0 spiro atoms. The largest absolute Gasteiger partial charge is 0.463 e. The number of carbonyl (C=O) groups excluding carboxylic acids is 1. The van der Waals surface area contributed by atoms with Crippen LogP contribution in [0.5, 0.6) is 0 Å². The van der Waals surface area contributed by atoms with Crippen LogP contribution in [0, 0.1) is 23.7 Å². The van der Waals surface area contributed by atoms with Gasteiger partial charge in [-0.25, -0.2) is 0 Å². The van der Waals surface area contributed by atoms with Crippen molar-refractivity contribution in [2.75, 3.05) is 20.2 Å². The molecule has 2 aliphatic rings. The fraction of sp³-hybridized carbons (Fsp3) is 0.960. The zero-order valence-corrected chi connectivity index (χ0v) is 21.8. The predicted octanol–water partition coefficient (Wildman–Crippen LogP) is 1.15. The van der Waals surface area contributed by atoms with E-state index in [2.05, 4.69) is 0 Å². The van der Waals surface area contributed by atoms with Crippen LogP contribution >= 0.6 is 0 Å². The lowest BCUT2D eigenvalue weighted by molar-refractivity contribution is -0.260. The quantitative estimate of drug-likeness (QED) is 0.422. The van der Waals surface area contributed by atoms with Crippen LogP contribution in [0.3, 0.4) is 0 Å². The molecule has 9 nitrogen and oxygen atoms in total. The molecule has 12 atom stereocenters. The van der Waals surface area contributed by atoms with E-state index in [0.29, 0.717) is 25.8 Å². The molecule has 0 aromatic rings. The molecule has 7 unspecified atom stereocenters. The summed E-state index contributed by atoms with van der Waals surface area (Å²) in [6.45, 7) is 11.6. The Hall–Kier alpha value is -0.810. The van der Waals surface area contributed by atoms with Gasteiger partial charge in [-0.1, -0.05) is 20.8 Å². The summed E-state index contributed by atoms with van der Waals surface area (Å²) in [6, 6.07) is -0.353. The molecular formula is C25H47NO8. The van der Waals surface area contributed by atoms with Gasteiger partial charge in [-0.3, -0.25) is 4.79 Å². The maximum absolute atomic E-state index is 12.9. The highest BCUT2D eigenvalue weighted by Crippen LogP contribution is 2.31. The minimum absolute atomic E-state index is 0.0179. The fourth-order valence-corrected chi connectivity index (χ4v) is 5.26. The van der Waals surface area contributed by atoms with Crippen LogP contribution in [0.4, 0.5) is 0 Å². The summed E-state index contributed by atoms with van der Waals surface area (Å²) in [4.78, 5) is 14.9. The molecule has 0 amide bonds. The van der Waals surface area contributed by atoms with Gasteiger partial charge in [0.25, 0.3) is 0 Å². The molecule has 2 heterocycles. The topological polar surface area (TPSA) is 129 Å². The van der Waals surface area contributed by atoms with Crippen molar-refractivity contribution in [1.29, 1.82) is 0 Å². The molecule has 0 aromatic carbocycles. The van der Waals surface area contributed by atoms with E-state index in [1.807, 2.05) is 39.6 Å². The van der Waals surface area contributed by atoms with Gasteiger partial charge in [-0.05, 0) is 58.4 Å². The van der Waals surface area contributed by atoms with E-state index in [-0.39, 0.29) is 30.4 Å². The van der Waals surface area contributed by atoms with Gasteiger partial charge in [0.15, 0.2) is 6.29 Å². The molecule has 2 fully saturated rings. The van der Waals surface area contributed by atoms with Crippen molar-refractivity contribution in [3.8, 4) is 0 Å². The summed E-state index contributed by atoms with van der Waals surface area (Å²) >= 11 is 0. The molecule has 200 valence electrons. The molecule has 4 N–H and O–H groups in total. The van der Waals surface area contributed by atoms with Crippen LogP contribution in [-0.2, 0) is 19.0 Å². The van der Waals surface area contributed by atoms with E-state index in [1.165, 1.54) is 0 Å². The minimum Gasteiger partial charge on any atom is -0.463 e. The second-order valence-corrected chi connectivity index (χ2v) is 10.9. The first-order valence-corrected chi connectivity index (χ1v) is 12.7. The van der Waals surface area contributed by atoms with Crippen LogP contribution in [-0.4, -0.2) is 100 Å². The highest BCUT2D eigenvalue weighted by molar-refractivity contribution is 5.72. The number of carbonyl (C=O) groups is 1. The van der Waals surface area contributed by atoms with Gasteiger partial charge in [-0.15, -0.1) is 0 Å². The monoisotopic (exact) mass is 489 g/mol. The predicted molar refractivity (Wildman–Crippen MR) is 127 cm³/mol. The Morgan fingerprint density at radius 3 is 2.18 bits per heavy atom. The van der Waals surface area contributed by atoms with Crippen molar-refractivity contribution in [2.45, 2.75) is 110 Å². The molecule has 9 heteroatoms. The molecule has 34 heavy (non-hydrogen) atoms. The second-order valence-electron chi connectivity index (χ2n) is 10.9. The summed E-state index contributed by atoms with van der Waals surface area (Å²) in [5.41, 5.74) is 0. The molecule has 0 radical (unpaired) electrons. The Morgan fingerprint density at radius 2 is 1.56 bits per heavy atom. The van der Waals surface area contributed by atoms with Crippen LogP contribution in [0.1, 0.15) is 60.8 Å².